The summed E-state index contributed by atoms with van der Waals surface area (Å²) < 4.78 is 39.0. The van der Waals surface area contributed by atoms with E-state index in [1.807, 2.05) is 11.9 Å². The van der Waals surface area contributed by atoms with Crippen LogP contribution >= 0.6 is 0 Å². The number of sulfone groups is 1. The predicted molar refractivity (Wildman–Crippen MR) is 103 cm³/mol. The molecule has 11 heteroatoms. The number of hydrogen-bond donors (Lipinski definition) is 3. The van der Waals surface area contributed by atoms with Crippen LogP contribution in [-0.4, -0.2) is 104 Å². The second kappa shape index (κ2) is 14.9. The Kier molecular flexibility index (Phi) is 13.2. The van der Waals surface area contributed by atoms with Gasteiger partial charge in [0.15, 0.2) is 9.84 Å². The van der Waals surface area contributed by atoms with E-state index in [1.165, 1.54) is 0 Å². The van der Waals surface area contributed by atoms with E-state index < -0.39 is 9.84 Å². The minimum Gasteiger partial charge on any atom is -0.387 e. The first-order chi connectivity index (χ1) is 13.1. The third-order valence-corrected chi connectivity index (χ3v) is 5.48. The molecule has 1 aliphatic heterocycles. The molecule has 1 saturated heterocycles. The molecule has 0 unspecified atom stereocenters. The molecular weight excluding hydrogens is 374 g/mol. The van der Waals surface area contributed by atoms with Crippen LogP contribution in [0.5, 0.6) is 0 Å². The highest BCUT2D eigenvalue weighted by Gasteiger charge is 2.21. The molecule has 1 heterocycles. The second-order valence-corrected chi connectivity index (χ2v) is 8.37. The monoisotopic (exact) mass is 407 g/mol. The molecule has 1 rings (SSSR count). The van der Waals surface area contributed by atoms with Gasteiger partial charge in [-0.1, -0.05) is 0 Å². The standard InChI is InChI=1S/C16H33N5O5S/c1-18-2-6-24-8-10-26-11-9-25-7-3-19-14-16(20-17)15-21-4-12-27(22,23)13-5-21/h14,17-19H,2-13,15H2,1H3/b16-14-,20-17?. The molecule has 0 radical (unpaired) electrons. The van der Waals surface area contributed by atoms with E-state index in [-0.39, 0.29) is 11.5 Å². The maximum absolute atomic E-state index is 11.4. The van der Waals surface area contributed by atoms with Gasteiger partial charge in [0, 0.05) is 38.9 Å². The average Bonchev–Trinajstić information content (AvgIpc) is 2.66. The van der Waals surface area contributed by atoms with Crippen molar-refractivity contribution in [3.63, 3.8) is 0 Å². The van der Waals surface area contributed by atoms with Crippen LogP contribution in [0.4, 0.5) is 0 Å². The lowest BCUT2D eigenvalue weighted by Crippen LogP contribution is -2.41. The summed E-state index contributed by atoms with van der Waals surface area (Å²) in [6, 6.07) is 0. The first-order valence-corrected chi connectivity index (χ1v) is 11.0. The van der Waals surface area contributed by atoms with Crippen molar-refractivity contribution in [3.05, 3.63) is 11.9 Å². The summed E-state index contributed by atoms with van der Waals surface area (Å²) in [5, 5.41) is 9.55. The van der Waals surface area contributed by atoms with Crippen LogP contribution in [0.25, 0.3) is 0 Å². The Morgan fingerprint density at radius 1 is 1.04 bits per heavy atom. The molecule has 0 aliphatic carbocycles. The molecule has 0 aromatic rings. The van der Waals surface area contributed by atoms with Gasteiger partial charge in [0.05, 0.1) is 56.8 Å². The highest BCUT2D eigenvalue weighted by Crippen LogP contribution is 2.07. The molecule has 0 aromatic heterocycles. The number of hydrogen-bond acceptors (Lipinski definition) is 10. The molecule has 10 nitrogen and oxygen atoms in total. The third-order valence-electron chi connectivity index (χ3n) is 3.87. The van der Waals surface area contributed by atoms with Crippen LogP contribution in [0.3, 0.4) is 0 Å². The summed E-state index contributed by atoms with van der Waals surface area (Å²) in [4.78, 5) is 1.99. The van der Waals surface area contributed by atoms with Gasteiger partial charge in [0.1, 0.15) is 0 Å². The Bertz CT molecular complexity index is 515. The van der Waals surface area contributed by atoms with E-state index in [0.717, 1.165) is 6.54 Å². The van der Waals surface area contributed by atoms with Gasteiger partial charge in [-0.15, -0.1) is 0 Å². The zero-order chi connectivity index (χ0) is 19.8. The van der Waals surface area contributed by atoms with Gasteiger partial charge in [0.2, 0.25) is 0 Å². The molecule has 3 N–H and O–H groups in total. The van der Waals surface area contributed by atoms with Crippen molar-refractivity contribution >= 4 is 9.84 Å². The van der Waals surface area contributed by atoms with Crippen LogP contribution in [0.1, 0.15) is 0 Å². The topological polar surface area (TPSA) is 125 Å². The maximum Gasteiger partial charge on any atom is 0.152 e. The van der Waals surface area contributed by atoms with E-state index in [2.05, 4.69) is 15.7 Å². The maximum atomic E-state index is 11.4. The van der Waals surface area contributed by atoms with E-state index in [0.29, 0.717) is 71.5 Å². The summed E-state index contributed by atoms with van der Waals surface area (Å²) in [6.07, 6.45) is 1.68. The molecule has 0 amide bonds. The van der Waals surface area contributed by atoms with Crippen molar-refractivity contribution in [2.24, 2.45) is 5.11 Å². The summed E-state index contributed by atoms with van der Waals surface area (Å²) in [5.74, 6) is 0.341. The van der Waals surface area contributed by atoms with E-state index in [1.54, 1.807) is 6.20 Å². The van der Waals surface area contributed by atoms with E-state index in [9.17, 15) is 8.42 Å². The molecule has 1 fully saturated rings. The lowest BCUT2D eigenvalue weighted by molar-refractivity contribution is 0.0162. The molecule has 0 aromatic carbocycles. The van der Waals surface area contributed by atoms with Gasteiger partial charge in [-0.3, -0.25) is 4.90 Å². The van der Waals surface area contributed by atoms with Crippen molar-refractivity contribution in [1.29, 1.82) is 5.53 Å². The Hall–Kier alpha value is -1.11. The first-order valence-electron chi connectivity index (χ1n) is 9.18. The van der Waals surface area contributed by atoms with E-state index in [4.69, 9.17) is 19.7 Å². The smallest absolute Gasteiger partial charge is 0.152 e. The lowest BCUT2D eigenvalue weighted by atomic mass is 10.4. The van der Waals surface area contributed by atoms with Gasteiger partial charge in [-0.2, -0.15) is 5.11 Å². The molecule has 158 valence electrons. The van der Waals surface area contributed by atoms with Gasteiger partial charge < -0.3 is 24.8 Å². The SMILES string of the molecule is CNCCOCCOCCOCCN/C=C(/CN1CCS(=O)(=O)CC1)N=N. The Morgan fingerprint density at radius 2 is 1.59 bits per heavy atom. The van der Waals surface area contributed by atoms with Crippen molar-refractivity contribution in [2.45, 2.75) is 0 Å². The third kappa shape index (κ3) is 12.8. The number of rotatable bonds is 16. The van der Waals surface area contributed by atoms with E-state index >= 15 is 0 Å². The van der Waals surface area contributed by atoms with Gasteiger partial charge in [-0.05, 0) is 7.05 Å². The second-order valence-electron chi connectivity index (χ2n) is 6.07. The van der Waals surface area contributed by atoms with Gasteiger partial charge in [0.25, 0.3) is 0 Å². The molecule has 0 saturated carbocycles. The van der Waals surface area contributed by atoms with Crippen LogP contribution in [0.15, 0.2) is 17.0 Å². The highest BCUT2D eigenvalue weighted by molar-refractivity contribution is 7.91. The minimum absolute atomic E-state index is 0.170. The van der Waals surface area contributed by atoms with Crippen molar-refractivity contribution in [3.8, 4) is 0 Å². The molecule has 27 heavy (non-hydrogen) atoms. The number of nitrogens with zero attached hydrogens (tertiary/aromatic N) is 2. The largest absolute Gasteiger partial charge is 0.387 e. The zero-order valence-corrected chi connectivity index (χ0v) is 16.9. The summed E-state index contributed by atoms with van der Waals surface area (Å²) in [6.45, 7) is 6.24. The Labute approximate surface area is 162 Å². The molecule has 0 bridgehead atoms. The highest BCUT2D eigenvalue weighted by atomic mass is 32.2. The molecule has 1 aliphatic rings. The van der Waals surface area contributed by atoms with Crippen LogP contribution in [0, 0.1) is 5.53 Å². The van der Waals surface area contributed by atoms with Crippen LogP contribution in [0.2, 0.25) is 0 Å². The van der Waals surface area contributed by atoms with Gasteiger partial charge in [-0.25, -0.2) is 13.9 Å². The molecule has 0 spiro atoms. The number of nitrogens with one attached hydrogen (secondary N) is 3. The number of ether oxygens (including phenoxy) is 3. The summed E-state index contributed by atoms with van der Waals surface area (Å²) in [7, 11) is -1.01. The molecular formula is C16H33N5O5S. The van der Waals surface area contributed by atoms with Crippen molar-refractivity contribution < 1.29 is 22.6 Å². The Balaban J connectivity index is 1.98. The van der Waals surface area contributed by atoms with Crippen LogP contribution in [-0.2, 0) is 24.0 Å². The minimum atomic E-state index is -2.89. The zero-order valence-electron chi connectivity index (χ0n) is 16.1. The average molecular weight is 408 g/mol. The fraction of sp³-hybridized carbons (Fsp3) is 0.875. The van der Waals surface area contributed by atoms with Crippen molar-refractivity contribution in [2.75, 3.05) is 90.9 Å². The quantitative estimate of drug-likeness (QED) is 0.230. The normalized spacial score (nSPS) is 17.7. The first kappa shape index (κ1) is 23.9. The van der Waals surface area contributed by atoms with Crippen LogP contribution < -0.4 is 10.6 Å². The lowest BCUT2D eigenvalue weighted by Gasteiger charge is -2.26. The van der Waals surface area contributed by atoms with Crippen molar-refractivity contribution in [1.82, 2.24) is 15.5 Å². The fourth-order valence-corrected chi connectivity index (χ4v) is 3.56. The molecule has 0 atom stereocenters. The summed E-state index contributed by atoms with van der Waals surface area (Å²) in [5.41, 5.74) is 7.80. The predicted octanol–water partition coefficient (Wildman–Crippen LogP) is -0.552. The number of likely N-dealkylation sites (N-methyl/N-ethyl adjacent to an activating group) is 1. The Morgan fingerprint density at radius 3 is 2.15 bits per heavy atom. The van der Waals surface area contributed by atoms with Gasteiger partial charge >= 0.3 is 0 Å². The fourth-order valence-electron chi connectivity index (χ4n) is 2.29. The summed E-state index contributed by atoms with van der Waals surface area (Å²) >= 11 is 0.